The molecule has 4 bridgehead atoms. The van der Waals surface area contributed by atoms with Crippen LogP contribution < -0.4 is 4.90 Å². The van der Waals surface area contributed by atoms with Gasteiger partial charge in [0.1, 0.15) is 7.36 Å². The van der Waals surface area contributed by atoms with Gasteiger partial charge in [-0.2, -0.15) is 0 Å². The standard InChI is InChI=1S/C25H40N5PS/c1-27(2)31(28(3)4,25-17-20-14-21(18-25)16-22(15-20)19-25)26-24(32)30-12-10-29(11-13-30)23-8-6-5-7-9-23/h5-9,20-22H,10-19H2,1-4H3. The molecule has 0 N–H and O–H groups in total. The molecule has 5 fully saturated rings. The normalized spacial score (nSPS) is 32.1. The van der Waals surface area contributed by atoms with Gasteiger partial charge in [-0.1, -0.05) is 18.2 Å². The van der Waals surface area contributed by atoms with Crippen LogP contribution in [0.4, 0.5) is 5.69 Å². The van der Waals surface area contributed by atoms with Crippen LogP contribution in [0.3, 0.4) is 0 Å². The molecule has 5 aliphatic rings. The van der Waals surface area contributed by atoms with Crippen LogP contribution in [0, 0.1) is 17.8 Å². The molecule has 6 rings (SSSR count). The van der Waals surface area contributed by atoms with Crippen molar-refractivity contribution in [2.45, 2.75) is 43.7 Å². The molecule has 32 heavy (non-hydrogen) atoms. The van der Waals surface area contributed by atoms with Gasteiger partial charge in [0.25, 0.3) is 0 Å². The predicted octanol–water partition coefficient (Wildman–Crippen LogP) is 5.22. The Hall–Kier alpha value is -0.940. The van der Waals surface area contributed by atoms with E-state index in [1.54, 1.807) is 0 Å². The van der Waals surface area contributed by atoms with Crippen molar-refractivity contribution in [2.24, 2.45) is 22.5 Å². The Kier molecular flexibility index (Phi) is 6.20. The summed E-state index contributed by atoms with van der Waals surface area (Å²) >= 11 is 6.09. The molecule has 176 valence electrons. The van der Waals surface area contributed by atoms with Crippen LogP contribution in [0.25, 0.3) is 0 Å². The Morgan fingerprint density at radius 1 is 0.875 bits per heavy atom. The van der Waals surface area contributed by atoms with Crippen LogP contribution in [-0.2, 0) is 0 Å². The molecular weight excluding hydrogens is 433 g/mol. The van der Waals surface area contributed by atoms with Crippen molar-refractivity contribution in [3.05, 3.63) is 30.3 Å². The van der Waals surface area contributed by atoms with Crippen LogP contribution in [0.1, 0.15) is 38.5 Å². The van der Waals surface area contributed by atoms with Crippen molar-refractivity contribution in [2.75, 3.05) is 59.3 Å². The number of nitrogens with zero attached hydrogens (tertiary/aromatic N) is 5. The molecule has 0 spiro atoms. The summed E-state index contributed by atoms with van der Waals surface area (Å²) in [5.41, 5.74) is 1.31. The summed E-state index contributed by atoms with van der Waals surface area (Å²) in [7, 11) is 7.14. The maximum absolute atomic E-state index is 6.09. The lowest BCUT2D eigenvalue weighted by Crippen LogP contribution is -2.54. The number of anilines is 1. The third kappa shape index (κ3) is 3.76. The third-order valence-electron chi connectivity index (χ3n) is 8.65. The number of rotatable bonds is 4. The van der Waals surface area contributed by atoms with E-state index in [1.807, 2.05) is 0 Å². The van der Waals surface area contributed by atoms with E-state index in [0.717, 1.165) is 49.0 Å². The number of para-hydroxylation sites is 1. The topological polar surface area (TPSA) is 25.3 Å². The smallest absolute Gasteiger partial charge is 0.196 e. The van der Waals surface area contributed by atoms with E-state index in [9.17, 15) is 0 Å². The van der Waals surface area contributed by atoms with Crippen LogP contribution >= 0.6 is 19.6 Å². The van der Waals surface area contributed by atoms with E-state index in [4.69, 9.17) is 17.0 Å². The molecular formula is C25H40N5PS. The maximum atomic E-state index is 6.09. The molecule has 4 aliphatic carbocycles. The molecule has 0 unspecified atom stereocenters. The summed E-state index contributed by atoms with van der Waals surface area (Å²) in [6.45, 7) is 3.93. The van der Waals surface area contributed by atoms with Gasteiger partial charge >= 0.3 is 0 Å². The minimum atomic E-state index is -1.94. The zero-order valence-corrected chi connectivity index (χ0v) is 22.0. The molecule has 5 nitrogen and oxygen atoms in total. The Morgan fingerprint density at radius 2 is 1.38 bits per heavy atom. The first kappa shape index (κ1) is 22.8. The summed E-state index contributed by atoms with van der Waals surface area (Å²) < 4.78 is 10.6. The van der Waals surface area contributed by atoms with Crippen LogP contribution in [-0.4, -0.2) is 78.9 Å². The highest BCUT2D eigenvalue weighted by Crippen LogP contribution is 2.75. The van der Waals surface area contributed by atoms with Crippen LogP contribution in [0.5, 0.6) is 0 Å². The van der Waals surface area contributed by atoms with E-state index in [-0.39, 0.29) is 0 Å². The zero-order valence-electron chi connectivity index (χ0n) is 20.3. The molecule has 1 aromatic carbocycles. The molecule has 7 heteroatoms. The highest BCUT2D eigenvalue weighted by atomic mass is 32.1. The van der Waals surface area contributed by atoms with Crippen molar-refractivity contribution in [3.63, 3.8) is 0 Å². The summed E-state index contributed by atoms with van der Waals surface area (Å²) in [6.07, 6.45) is 8.47. The minimum absolute atomic E-state index is 0.324. The van der Waals surface area contributed by atoms with Gasteiger partial charge in [-0.25, -0.2) is 4.74 Å². The number of hydrogen-bond donors (Lipinski definition) is 0. The van der Waals surface area contributed by atoms with Gasteiger partial charge in [-0.3, -0.25) is 9.34 Å². The first-order chi connectivity index (χ1) is 15.3. The molecule has 4 saturated carbocycles. The fourth-order valence-electron chi connectivity index (χ4n) is 7.90. The average Bonchev–Trinajstić information content (AvgIpc) is 2.76. The van der Waals surface area contributed by atoms with E-state index in [2.05, 4.69) is 77.7 Å². The monoisotopic (exact) mass is 473 g/mol. The maximum Gasteiger partial charge on any atom is 0.196 e. The van der Waals surface area contributed by atoms with Gasteiger partial charge in [0.2, 0.25) is 0 Å². The molecule has 1 saturated heterocycles. The van der Waals surface area contributed by atoms with E-state index < -0.39 is 7.36 Å². The lowest BCUT2D eigenvalue weighted by atomic mass is 9.56. The third-order valence-corrected chi connectivity index (χ3v) is 13.7. The molecule has 0 radical (unpaired) electrons. The average molecular weight is 474 g/mol. The van der Waals surface area contributed by atoms with Gasteiger partial charge < -0.3 is 9.80 Å². The number of thiocarbonyl (C=S) groups is 1. The van der Waals surface area contributed by atoms with E-state index >= 15 is 0 Å². The van der Waals surface area contributed by atoms with Crippen LogP contribution in [0.15, 0.2) is 35.1 Å². The summed E-state index contributed by atoms with van der Waals surface area (Å²) in [6, 6.07) is 10.8. The van der Waals surface area contributed by atoms with Gasteiger partial charge in [0.15, 0.2) is 5.11 Å². The highest BCUT2D eigenvalue weighted by Gasteiger charge is 2.59. The molecule has 0 atom stereocenters. The van der Waals surface area contributed by atoms with Crippen molar-refractivity contribution in [1.29, 1.82) is 0 Å². The Labute approximate surface area is 200 Å². The Bertz CT molecular complexity index is 844. The fraction of sp³-hybridized carbons (Fsp3) is 0.720. The van der Waals surface area contributed by atoms with Gasteiger partial charge in [-0.15, -0.1) is 0 Å². The number of benzene rings is 1. The lowest BCUT2D eigenvalue weighted by Gasteiger charge is -2.63. The predicted molar refractivity (Wildman–Crippen MR) is 140 cm³/mol. The van der Waals surface area contributed by atoms with Gasteiger partial charge in [0.05, 0.1) is 0 Å². The SMILES string of the molecule is CN(C)P(=NC(=S)N1CCN(c2ccccc2)CC1)(N(C)C)C12CC3CC(CC(C3)C1)C2. The van der Waals surface area contributed by atoms with Gasteiger partial charge in [0, 0.05) is 37.0 Å². The Morgan fingerprint density at radius 3 is 1.84 bits per heavy atom. The largest absolute Gasteiger partial charge is 0.368 e. The second-order valence-electron chi connectivity index (χ2n) is 11.1. The first-order valence-electron chi connectivity index (χ1n) is 12.4. The van der Waals surface area contributed by atoms with Crippen molar-refractivity contribution in [1.82, 2.24) is 14.2 Å². The van der Waals surface area contributed by atoms with E-state index in [1.165, 1.54) is 44.2 Å². The van der Waals surface area contributed by atoms with E-state index in [0.29, 0.717) is 5.16 Å². The van der Waals surface area contributed by atoms with Crippen molar-refractivity contribution >= 4 is 30.4 Å². The molecule has 1 aliphatic heterocycles. The minimum Gasteiger partial charge on any atom is -0.368 e. The fourth-order valence-corrected chi connectivity index (χ4v) is 13.3. The zero-order chi connectivity index (χ0) is 22.5. The second-order valence-corrected chi connectivity index (χ2v) is 15.3. The molecule has 1 heterocycles. The van der Waals surface area contributed by atoms with Crippen molar-refractivity contribution in [3.8, 4) is 0 Å². The lowest BCUT2D eigenvalue weighted by molar-refractivity contribution is 0.0307. The second kappa shape index (κ2) is 8.69. The molecule has 1 aromatic rings. The Balaban J connectivity index is 1.42. The van der Waals surface area contributed by atoms with Crippen LogP contribution in [0.2, 0.25) is 0 Å². The highest BCUT2D eigenvalue weighted by molar-refractivity contribution is 7.81. The number of hydrogen-bond acceptors (Lipinski definition) is 2. The first-order valence-corrected chi connectivity index (χ1v) is 14.5. The summed E-state index contributed by atoms with van der Waals surface area (Å²) in [5.74, 6) is 2.75. The summed E-state index contributed by atoms with van der Waals surface area (Å²) in [5, 5.41) is 1.18. The molecule has 0 aromatic heterocycles. The molecule has 0 amide bonds. The number of piperazine rings is 1. The van der Waals surface area contributed by atoms with Crippen molar-refractivity contribution < 1.29 is 0 Å². The quantitative estimate of drug-likeness (QED) is 0.441. The summed E-state index contributed by atoms with van der Waals surface area (Å²) in [4.78, 5) is 4.84. The van der Waals surface area contributed by atoms with Gasteiger partial charge in [-0.05, 0) is 109 Å².